The van der Waals surface area contributed by atoms with Crippen molar-refractivity contribution in [2.24, 2.45) is 0 Å². The van der Waals surface area contributed by atoms with Gasteiger partial charge in [0.25, 0.3) is 0 Å². The Labute approximate surface area is 132 Å². The lowest BCUT2D eigenvalue weighted by atomic mass is 9.78. The summed E-state index contributed by atoms with van der Waals surface area (Å²) in [6.07, 6.45) is 4.74. The van der Waals surface area contributed by atoms with E-state index in [1.54, 1.807) is 0 Å². The Bertz CT molecular complexity index is 458. The van der Waals surface area contributed by atoms with Gasteiger partial charge in [0.05, 0.1) is 5.69 Å². The summed E-state index contributed by atoms with van der Waals surface area (Å²) in [6, 6.07) is 0. The molecule has 1 aromatic rings. The summed E-state index contributed by atoms with van der Waals surface area (Å²) in [4.78, 5) is 8.79. The lowest BCUT2D eigenvalue weighted by Gasteiger charge is -2.28. The average Bonchev–Trinajstić information content (AvgIpc) is 2.74. The largest absolute Gasteiger partial charge is 0.345 e. The van der Waals surface area contributed by atoms with Crippen LogP contribution in [-0.2, 0) is 16.2 Å². The van der Waals surface area contributed by atoms with Crippen LogP contribution in [0.3, 0.4) is 0 Å². The highest BCUT2D eigenvalue weighted by Gasteiger charge is 2.34. The van der Waals surface area contributed by atoms with E-state index >= 15 is 0 Å². The van der Waals surface area contributed by atoms with Gasteiger partial charge in [0.15, 0.2) is 0 Å². The molecule has 0 unspecified atom stereocenters. The summed E-state index contributed by atoms with van der Waals surface area (Å²) in [5.41, 5.74) is 2.95. The molecule has 0 aliphatic rings. The highest BCUT2D eigenvalue weighted by atomic mass is 15.0. The van der Waals surface area contributed by atoms with Crippen molar-refractivity contribution in [2.75, 3.05) is 0 Å². The molecule has 0 amide bonds. The number of aromatic nitrogens is 2. The minimum atomic E-state index is 0.0807. The molecule has 1 heterocycles. The number of nitrogens with zero attached hydrogens (tertiary/aromatic N) is 1. The molecule has 0 radical (unpaired) electrons. The molecule has 0 aromatic carbocycles. The van der Waals surface area contributed by atoms with Crippen LogP contribution in [0.4, 0.5) is 0 Å². The van der Waals surface area contributed by atoms with E-state index in [9.17, 15) is 0 Å². The van der Waals surface area contributed by atoms with Crippen molar-refractivity contribution in [1.82, 2.24) is 9.97 Å². The highest BCUT2D eigenvalue weighted by Crippen LogP contribution is 2.38. The van der Waals surface area contributed by atoms with Gasteiger partial charge in [-0.3, -0.25) is 0 Å². The summed E-state index contributed by atoms with van der Waals surface area (Å²) in [7, 11) is 0. The number of hydrogen-bond acceptors (Lipinski definition) is 1. The summed E-state index contributed by atoms with van der Waals surface area (Å²) in [5, 5.41) is 0. The van der Waals surface area contributed by atoms with Crippen molar-refractivity contribution >= 4 is 0 Å². The second kappa shape index (κ2) is 6.14. The van der Waals surface area contributed by atoms with Crippen LogP contribution in [0, 0.1) is 0 Å². The van der Waals surface area contributed by atoms with Gasteiger partial charge in [-0.15, -0.1) is 0 Å². The first kappa shape index (κ1) is 18.3. The minimum absolute atomic E-state index is 0.0807. The normalized spacial score (nSPS) is 13.8. The van der Waals surface area contributed by atoms with Crippen molar-refractivity contribution < 1.29 is 0 Å². The number of imidazole rings is 1. The van der Waals surface area contributed by atoms with E-state index in [0.29, 0.717) is 0 Å². The lowest BCUT2D eigenvalue weighted by molar-refractivity contribution is 0.433. The zero-order chi connectivity index (χ0) is 16.5. The van der Waals surface area contributed by atoms with Gasteiger partial charge in [0.2, 0.25) is 0 Å². The molecule has 2 nitrogen and oxygen atoms in total. The molecular weight excluding hydrogens is 256 g/mol. The fourth-order valence-electron chi connectivity index (χ4n) is 3.22. The van der Waals surface area contributed by atoms with Crippen LogP contribution in [-0.4, -0.2) is 9.97 Å². The highest BCUT2D eigenvalue weighted by molar-refractivity contribution is 5.30. The number of aromatic amines is 1. The third kappa shape index (κ3) is 4.11. The van der Waals surface area contributed by atoms with Gasteiger partial charge >= 0.3 is 0 Å². The molecule has 0 spiro atoms. The number of hydrogen-bond donors (Lipinski definition) is 1. The van der Waals surface area contributed by atoms with Crippen molar-refractivity contribution in [2.45, 2.75) is 104 Å². The Morgan fingerprint density at radius 3 is 1.71 bits per heavy atom. The minimum Gasteiger partial charge on any atom is -0.345 e. The van der Waals surface area contributed by atoms with E-state index in [2.05, 4.69) is 67.3 Å². The van der Waals surface area contributed by atoms with Crippen LogP contribution in [0.1, 0.15) is 105 Å². The molecule has 0 bridgehead atoms. The van der Waals surface area contributed by atoms with Crippen LogP contribution < -0.4 is 0 Å². The summed E-state index contributed by atoms with van der Waals surface area (Å²) >= 11 is 0. The molecule has 21 heavy (non-hydrogen) atoms. The predicted molar refractivity (Wildman–Crippen MR) is 93.2 cm³/mol. The fourth-order valence-corrected chi connectivity index (χ4v) is 3.22. The average molecular weight is 293 g/mol. The Morgan fingerprint density at radius 1 is 0.810 bits per heavy atom. The molecular formula is C19H36N2. The third-order valence-electron chi connectivity index (χ3n) is 4.48. The van der Waals surface area contributed by atoms with E-state index < -0.39 is 0 Å². The van der Waals surface area contributed by atoms with E-state index in [0.717, 1.165) is 12.2 Å². The smallest absolute Gasteiger partial charge is 0.112 e. The van der Waals surface area contributed by atoms with Crippen molar-refractivity contribution in [3.8, 4) is 0 Å². The Kier molecular flexibility index (Phi) is 5.34. The van der Waals surface area contributed by atoms with Crippen LogP contribution in [0.25, 0.3) is 0 Å². The van der Waals surface area contributed by atoms with Crippen LogP contribution in [0.15, 0.2) is 0 Å². The van der Waals surface area contributed by atoms with Gasteiger partial charge < -0.3 is 4.98 Å². The molecule has 1 N–H and O–H groups in total. The van der Waals surface area contributed by atoms with E-state index in [1.807, 2.05) is 0 Å². The molecule has 0 atom stereocenters. The Balaban J connectivity index is 3.39. The lowest BCUT2D eigenvalue weighted by Crippen LogP contribution is -2.24. The standard InChI is InChI=1S/C19H36N2/c1-10-12-18(6,7)15-14(17(3,4)5)20-16(21-15)19(8,9)13-11-2/h10-13H2,1-9H3,(H,20,21). The number of H-pyrrole nitrogens is 1. The second-order valence-electron chi connectivity index (χ2n) is 8.83. The third-order valence-corrected chi connectivity index (χ3v) is 4.48. The predicted octanol–water partition coefficient (Wildman–Crippen LogP) is 5.86. The first-order valence-electron chi connectivity index (χ1n) is 8.57. The van der Waals surface area contributed by atoms with E-state index in [1.165, 1.54) is 30.7 Å². The van der Waals surface area contributed by atoms with Gasteiger partial charge in [0, 0.05) is 21.9 Å². The molecule has 0 aliphatic heterocycles. The van der Waals surface area contributed by atoms with E-state index in [4.69, 9.17) is 4.98 Å². The zero-order valence-electron chi connectivity index (χ0n) is 15.8. The number of rotatable bonds is 6. The molecule has 2 heteroatoms. The SMILES string of the molecule is CCCC(C)(C)c1nc(C(C)(C)C)c(C(C)(C)CCC)[nH]1. The van der Waals surface area contributed by atoms with Gasteiger partial charge in [-0.05, 0) is 12.8 Å². The summed E-state index contributed by atoms with van der Waals surface area (Å²) < 4.78 is 0. The first-order valence-corrected chi connectivity index (χ1v) is 8.57. The molecule has 0 saturated heterocycles. The summed E-state index contributed by atoms with van der Waals surface area (Å²) in [5.74, 6) is 1.16. The maximum Gasteiger partial charge on any atom is 0.112 e. The molecule has 1 aromatic heterocycles. The van der Waals surface area contributed by atoms with Gasteiger partial charge in [-0.1, -0.05) is 75.2 Å². The maximum absolute atomic E-state index is 5.06. The molecule has 0 fully saturated rings. The van der Waals surface area contributed by atoms with Crippen LogP contribution in [0.5, 0.6) is 0 Å². The van der Waals surface area contributed by atoms with Gasteiger partial charge in [-0.25, -0.2) is 4.98 Å². The quantitative estimate of drug-likeness (QED) is 0.698. The number of nitrogens with one attached hydrogen (secondary N) is 1. The summed E-state index contributed by atoms with van der Waals surface area (Å²) in [6.45, 7) is 20.6. The topological polar surface area (TPSA) is 28.7 Å². The second-order valence-corrected chi connectivity index (χ2v) is 8.83. The first-order chi connectivity index (χ1) is 9.45. The zero-order valence-corrected chi connectivity index (χ0v) is 15.8. The molecule has 1 rings (SSSR count). The van der Waals surface area contributed by atoms with Crippen molar-refractivity contribution in [1.29, 1.82) is 0 Å². The maximum atomic E-state index is 5.06. The van der Waals surface area contributed by atoms with Crippen molar-refractivity contribution in [3.63, 3.8) is 0 Å². The van der Waals surface area contributed by atoms with E-state index in [-0.39, 0.29) is 16.2 Å². The van der Waals surface area contributed by atoms with Crippen LogP contribution >= 0.6 is 0 Å². The fraction of sp³-hybridized carbons (Fsp3) is 0.842. The molecule has 0 aliphatic carbocycles. The van der Waals surface area contributed by atoms with Crippen molar-refractivity contribution in [3.05, 3.63) is 17.2 Å². The Morgan fingerprint density at radius 2 is 1.29 bits per heavy atom. The molecule has 0 saturated carbocycles. The van der Waals surface area contributed by atoms with Crippen LogP contribution in [0.2, 0.25) is 0 Å². The van der Waals surface area contributed by atoms with Gasteiger partial charge in [0.1, 0.15) is 5.82 Å². The molecule has 122 valence electrons. The Hall–Kier alpha value is -0.790. The monoisotopic (exact) mass is 292 g/mol. The van der Waals surface area contributed by atoms with Gasteiger partial charge in [-0.2, -0.15) is 0 Å².